The Bertz CT molecular complexity index is 1160. The molecule has 0 amide bonds. The number of hydrogen-bond donors (Lipinski definition) is 0. The Morgan fingerprint density at radius 3 is 0.781 bits per heavy atom. The first-order chi connectivity index (χ1) is 34.1. The van der Waals surface area contributed by atoms with Crippen LogP contribution < -0.4 is 4.57 Å². The Morgan fingerprint density at radius 1 is 0.384 bits per heavy atom. The Hall–Kier alpha value is -2.61. The van der Waals surface area contributed by atoms with Crippen LogP contribution in [0.25, 0.3) is 0 Å². The van der Waals surface area contributed by atoms with Crippen molar-refractivity contribution in [1.82, 2.24) is 4.98 Å². The topological polar surface area (TPSA) is 66.2 Å². The van der Waals surface area contributed by atoms with Crippen LogP contribution in [0.1, 0.15) is 247 Å². The van der Waals surface area contributed by atoms with Crippen molar-refractivity contribution < 1.29 is 37.3 Å². The van der Waals surface area contributed by atoms with Crippen LogP contribution >= 0.6 is 0 Å². The van der Waals surface area contributed by atoms with Gasteiger partial charge in [-0.1, -0.05) is 253 Å². The smallest absolute Gasteiger partial charge is 0.168 e. The van der Waals surface area contributed by atoms with Gasteiger partial charge in [0.2, 0.25) is 0 Å². The van der Waals surface area contributed by atoms with Gasteiger partial charge in [0.15, 0.2) is 12.4 Å². The first-order valence-corrected chi connectivity index (χ1v) is 28.4. The van der Waals surface area contributed by atoms with E-state index in [0.29, 0.717) is 0 Å². The van der Waals surface area contributed by atoms with Gasteiger partial charge in [0.1, 0.15) is 6.54 Å². The average Bonchev–Trinajstić information content (AvgIpc) is 3.49. The summed E-state index contributed by atoms with van der Waals surface area (Å²) in [5.74, 6) is 0. The molecule has 0 N–H and O–H groups in total. The van der Waals surface area contributed by atoms with E-state index in [1.54, 1.807) is 62.8 Å². The predicted molar refractivity (Wildman–Crippen MR) is 346 cm³/mol. The molecular weight excluding hydrogens is 986 g/mol. The summed E-state index contributed by atoms with van der Waals surface area (Å²) < 4.78 is 2.21. The number of unbranched alkanes of at least 4 members (excludes halogenated alkanes) is 3. The molecule has 0 spiro atoms. The van der Waals surface area contributed by atoms with Crippen LogP contribution in [0.4, 0.5) is 0 Å². The summed E-state index contributed by atoms with van der Waals surface area (Å²) in [4.78, 5) is 3.78. The molecule has 2 aliphatic carbocycles. The second-order valence-corrected chi connectivity index (χ2v) is 11.6. The van der Waals surface area contributed by atoms with Crippen molar-refractivity contribution in [3.05, 3.63) is 139 Å². The Balaban J connectivity index is -0.0000000394. The second-order valence-electron chi connectivity index (χ2n) is 11.6. The molecule has 0 aliphatic heterocycles. The molecule has 0 atom stereocenters. The third-order valence-electron chi connectivity index (χ3n) is 7.74. The van der Waals surface area contributed by atoms with Crippen molar-refractivity contribution in [2.45, 2.75) is 257 Å². The summed E-state index contributed by atoms with van der Waals surface area (Å²) in [7, 11) is 6.56. The molecule has 2 aliphatic rings. The van der Waals surface area contributed by atoms with Crippen molar-refractivity contribution in [2.24, 2.45) is 20.5 Å². The normalized spacial score (nSPS) is 8.92. The Morgan fingerprint density at radius 2 is 0.616 bits per heavy atom. The van der Waals surface area contributed by atoms with Gasteiger partial charge in [0, 0.05) is 91.8 Å². The molecule has 6 rings (SSSR count). The van der Waals surface area contributed by atoms with Crippen LogP contribution in [-0.4, -0.2) is 33.2 Å². The fourth-order valence-electron chi connectivity index (χ4n) is 4.94. The van der Waals surface area contributed by atoms with E-state index in [1.165, 1.54) is 83.5 Å². The van der Waals surface area contributed by atoms with Crippen LogP contribution in [0.5, 0.6) is 0 Å². The van der Waals surface area contributed by atoms with E-state index in [2.05, 4.69) is 124 Å². The van der Waals surface area contributed by atoms with Gasteiger partial charge in [-0.25, -0.2) is 4.57 Å². The maximum Gasteiger partial charge on any atom is 0.168 e. The van der Waals surface area contributed by atoms with E-state index >= 15 is 0 Å². The number of fused-ring (bicyclic) bond motifs is 2. The number of hydrogen-bond acceptors (Lipinski definition) is 6. The van der Waals surface area contributed by atoms with E-state index in [1.807, 2.05) is 163 Å². The van der Waals surface area contributed by atoms with E-state index in [4.69, 9.17) is 0 Å². The van der Waals surface area contributed by atoms with E-state index in [0.717, 1.165) is 6.54 Å². The first-order valence-electron chi connectivity index (χ1n) is 28.4. The van der Waals surface area contributed by atoms with Gasteiger partial charge in [-0.3, -0.25) is 4.98 Å². The number of pyridine rings is 2. The third kappa shape index (κ3) is 103. The molecule has 0 unspecified atom stereocenters. The van der Waals surface area contributed by atoms with Crippen molar-refractivity contribution >= 4 is 13.5 Å². The first kappa shape index (κ1) is 110. The van der Waals surface area contributed by atoms with E-state index < -0.39 is 0 Å². The molecule has 8 heteroatoms. The molecule has 4 aromatic rings. The number of azo groups is 2. The van der Waals surface area contributed by atoms with Crippen LogP contribution in [0, 0.1) is 7.43 Å². The van der Waals surface area contributed by atoms with Crippen molar-refractivity contribution in [2.75, 3.05) is 28.2 Å². The van der Waals surface area contributed by atoms with Gasteiger partial charge in [-0.15, -0.1) is 0 Å². The number of aromatic nitrogens is 2. The predicted octanol–water partition coefficient (Wildman–Crippen LogP) is 22.7. The minimum Gasteiger partial charge on any atom is -0.813 e. The van der Waals surface area contributed by atoms with Crippen LogP contribution in [0.2, 0.25) is 0 Å². The fourth-order valence-corrected chi connectivity index (χ4v) is 4.94. The van der Waals surface area contributed by atoms with Gasteiger partial charge >= 0.3 is 0 Å². The maximum atomic E-state index is 3.78. The molecule has 2 aromatic carbocycles. The fraction of sp³-hybridized carbons (Fsp3) is 0.646. The molecule has 0 saturated heterocycles. The summed E-state index contributed by atoms with van der Waals surface area (Å²) in [6, 6.07) is 29.5. The zero-order valence-corrected chi connectivity index (χ0v) is 57.7. The number of rotatable bonds is 5. The summed E-state index contributed by atoms with van der Waals surface area (Å²) >= 11 is 0. The van der Waals surface area contributed by atoms with Gasteiger partial charge in [0.25, 0.3) is 0 Å². The van der Waals surface area contributed by atoms with Crippen molar-refractivity contribution in [1.29, 1.82) is 0 Å². The monoisotopic (exact) mass is 1120 g/mol. The van der Waals surface area contributed by atoms with Crippen LogP contribution in [-0.2, 0) is 78.4 Å². The molecule has 2 aromatic heterocycles. The Labute approximate surface area is 497 Å². The zero-order valence-electron chi connectivity index (χ0n) is 54.0. The molecule has 73 heavy (non-hydrogen) atoms. The number of aryl methyl sites for hydroxylation is 5. The largest absolute Gasteiger partial charge is 0.813 e. The van der Waals surface area contributed by atoms with E-state index in [9.17, 15) is 0 Å². The molecule has 0 fully saturated rings. The Kier molecular flexibility index (Phi) is 201. The minimum atomic E-state index is 0. The maximum absolute atomic E-state index is 3.78. The molecule has 0 bridgehead atoms. The minimum absolute atomic E-state index is 0. The average molecular weight is 1120 g/mol. The van der Waals surface area contributed by atoms with Gasteiger partial charge in [-0.2, -0.15) is 20.5 Å². The number of nitrogens with zero attached hydrogens (tertiary/aromatic N) is 6. The molecular formula is C65H135N6SY-. The summed E-state index contributed by atoms with van der Waals surface area (Å²) in [5.41, 5.74) is 6.31. The number of benzene rings is 2. The summed E-state index contributed by atoms with van der Waals surface area (Å²) in [6.07, 6.45) is 25.1. The van der Waals surface area contributed by atoms with Crippen LogP contribution in [0.15, 0.2) is 130 Å². The third-order valence-corrected chi connectivity index (χ3v) is 7.74. The quantitative estimate of drug-likeness (QED) is 0.0657. The van der Waals surface area contributed by atoms with Crippen molar-refractivity contribution in [3.63, 3.8) is 0 Å². The zero-order chi connectivity index (χ0) is 56.0. The summed E-state index contributed by atoms with van der Waals surface area (Å²) in [5, 5.41) is 13.4. The molecule has 435 valence electrons. The van der Waals surface area contributed by atoms with Crippen molar-refractivity contribution in [3.8, 4) is 0 Å². The van der Waals surface area contributed by atoms with Gasteiger partial charge < -0.3 is 20.9 Å². The van der Waals surface area contributed by atoms with E-state index in [-0.39, 0.29) is 61.1 Å². The molecule has 0 saturated carbocycles. The molecule has 1 radical (unpaired) electrons. The SMILES string of the molecule is C.CC.CC.CC.CC.CC.CC.CC.CC.CC.CC.CCCCC.CCCC[n+]1ccccc1.CN=NC.CN=NC.[CH3-].[SH-].[Y].c1ccc2c(c1)CCCC2.c1ccc2c(c1)CCCC2.c1ccncc1. The molecule has 6 nitrogen and oxygen atoms in total. The second kappa shape index (κ2) is 133. The standard InChI is InChI=1S/2C10H12.C9H14N.C5H5N.C5H12.2C2H6N2.10C2H6.CH4.CH3.H2S.Y/c2*1-2-6-10-8-4-3-7-9(10)5-1;1-2-3-7-10-8-5-4-6-9-10;1-2-4-6-5-3-1;1-3-5-4-2;2*1-3-4-2;10*1-2;;;;/h2*1-2,5-6H,3-4,7-8H2;4-6,8-9H,2-3,7H2,1H3;1-5H;3-5H2,1-2H3;2*1-2H3;10*1-2H3;1H4;1H3;1H2;/q;;+1;;;;;;;;;;;;;;;;-1;;/p-1. The van der Waals surface area contributed by atoms with Gasteiger partial charge in [-0.05, 0) is 85.8 Å². The molecule has 2 heterocycles. The van der Waals surface area contributed by atoms with Gasteiger partial charge in [0.05, 0.1) is 0 Å². The van der Waals surface area contributed by atoms with Crippen LogP contribution in [0.3, 0.4) is 0 Å². The summed E-state index contributed by atoms with van der Waals surface area (Å²) in [6.45, 7) is 47.8. The number of thiol groups is 1.